The Kier molecular flexibility index (Phi) is 5.21. The second-order valence-corrected chi connectivity index (χ2v) is 6.92. The van der Waals surface area contributed by atoms with Crippen molar-refractivity contribution in [3.63, 3.8) is 0 Å². The van der Waals surface area contributed by atoms with Crippen LogP contribution in [0, 0.1) is 5.92 Å². The van der Waals surface area contributed by atoms with Crippen molar-refractivity contribution >= 4 is 40.6 Å². The van der Waals surface area contributed by atoms with Gasteiger partial charge < -0.3 is 9.30 Å². The highest BCUT2D eigenvalue weighted by Gasteiger charge is 2.41. The first-order valence-electron chi connectivity index (χ1n) is 8.22. The van der Waals surface area contributed by atoms with Gasteiger partial charge in [0.05, 0.1) is 27.9 Å². The van der Waals surface area contributed by atoms with E-state index in [9.17, 15) is 9.59 Å². The standard InChI is InChI=1S/C19H18Cl2N2O3/c1-4-26-19(25)14-10(2)22-13-8-9-23(3)18(24)16(13)15(14)11-6-5-7-12(20)17(11)21/h5-9,14-15H,4H2,1-3H3. The van der Waals surface area contributed by atoms with E-state index in [1.165, 1.54) is 4.57 Å². The van der Waals surface area contributed by atoms with Crippen LogP contribution in [0.3, 0.4) is 0 Å². The van der Waals surface area contributed by atoms with Gasteiger partial charge in [0.1, 0.15) is 5.92 Å². The van der Waals surface area contributed by atoms with Crippen molar-refractivity contribution in [2.75, 3.05) is 6.61 Å². The first-order chi connectivity index (χ1) is 12.4. The lowest BCUT2D eigenvalue weighted by atomic mass is 9.76. The van der Waals surface area contributed by atoms with Crippen LogP contribution in [0.5, 0.6) is 0 Å². The summed E-state index contributed by atoms with van der Waals surface area (Å²) in [6, 6.07) is 6.95. The number of aliphatic imine (C=N–C) groups is 1. The van der Waals surface area contributed by atoms with Crippen LogP contribution in [-0.4, -0.2) is 22.9 Å². The van der Waals surface area contributed by atoms with Gasteiger partial charge in [0.25, 0.3) is 5.56 Å². The van der Waals surface area contributed by atoms with Crippen LogP contribution in [0.2, 0.25) is 10.0 Å². The predicted octanol–water partition coefficient (Wildman–Crippen LogP) is 4.11. The second-order valence-electron chi connectivity index (χ2n) is 6.13. The van der Waals surface area contributed by atoms with Crippen molar-refractivity contribution in [3.8, 4) is 0 Å². The molecule has 0 saturated carbocycles. The molecule has 1 aliphatic heterocycles. The third kappa shape index (κ3) is 3.06. The smallest absolute Gasteiger partial charge is 0.315 e. The molecule has 0 aliphatic carbocycles. The molecule has 0 N–H and O–H groups in total. The Morgan fingerprint density at radius 2 is 2.04 bits per heavy atom. The van der Waals surface area contributed by atoms with Crippen LogP contribution >= 0.6 is 23.2 Å². The van der Waals surface area contributed by atoms with Crippen LogP contribution < -0.4 is 5.56 Å². The number of aromatic nitrogens is 1. The number of ether oxygens (including phenoxy) is 1. The van der Waals surface area contributed by atoms with Gasteiger partial charge in [-0.15, -0.1) is 0 Å². The summed E-state index contributed by atoms with van der Waals surface area (Å²) in [4.78, 5) is 30.1. The number of fused-ring (bicyclic) bond motifs is 1. The highest BCUT2D eigenvalue weighted by molar-refractivity contribution is 6.42. The first kappa shape index (κ1) is 18.7. The van der Waals surface area contributed by atoms with E-state index in [2.05, 4.69) is 4.99 Å². The number of aryl methyl sites for hydroxylation is 1. The van der Waals surface area contributed by atoms with Crippen molar-refractivity contribution < 1.29 is 9.53 Å². The number of rotatable bonds is 3. The van der Waals surface area contributed by atoms with E-state index in [0.717, 1.165) is 0 Å². The quantitative estimate of drug-likeness (QED) is 0.738. The Morgan fingerprint density at radius 1 is 1.31 bits per heavy atom. The maximum Gasteiger partial charge on any atom is 0.315 e. The molecule has 1 aromatic heterocycles. The molecular weight excluding hydrogens is 375 g/mol. The third-order valence-electron chi connectivity index (χ3n) is 4.53. The first-order valence-corrected chi connectivity index (χ1v) is 8.97. The second kappa shape index (κ2) is 7.25. The van der Waals surface area contributed by atoms with E-state index in [1.54, 1.807) is 51.4 Å². The van der Waals surface area contributed by atoms with Crippen molar-refractivity contribution in [2.24, 2.45) is 18.0 Å². The number of carbonyl (C=O) groups is 1. The highest BCUT2D eigenvalue weighted by Crippen LogP contribution is 2.44. The maximum absolute atomic E-state index is 12.9. The maximum atomic E-state index is 12.9. The molecule has 0 amide bonds. The van der Waals surface area contributed by atoms with E-state index in [0.29, 0.717) is 32.6 Å². The monoisotopic (exact) mass is 392 g/mol. The molecule has 0 saturated heterocycles. The number of hydrogen-bond acceptors (Lipinski definition) is 4. The fourth-order valence-corrected chi connectivity index (χ4v) is 3.76. The number of esters is 1. The van der Waals surface area contributed by atoms with Crippen molar-refractivity contribution in [1.82, 2.24) is 4.57 Å². The molecule has 5 nitrogen and oxygen atoms in total. The molecule has 136 valence electrons. The summed E-state index contributed by atoms with van der Waals surface area (Å²) in [6.07, 6.45) is 1.65. The normalized spacial score (nSPS) is 18.9. The fraction of sp³-hybridized carbons (Fsp3) is 0.316. The summed E-state index contributed by atoms with van der Waals surface area (Å²) >= 11 is 12.6. The summed E-state index contributed by atoms with van der Waals surface area (Å²) in [6.45, 7) is 3.73. The SMILES string of the molecule is CCOC(=O)C1C(C)=Nc2ccn(C)c(=O)c2C1c1cccc(Cl)c1Cl. The molecule has 26 heavy (non-hydrogen) atoms. The molecule has 2 heterocycles. The number of halogens is 2. The average Bonchev–Trinajstić information content (AvgIpc) is 2.60. The Bertz CT molecular complexity index is 966. The molecule has 2 atom stereocenters. The van der Waals surface area contributed by atoms with Gasteiger partial charge in [-0.3, -0.25) is 14.6 Å². The average molecular weight is 393 g/mol. The zero-order chi connectivity index (χ0) is 19.0. The molecule has 0 fully saturated rings. The van der Waals surface area contributed by atoms with Crippen LogP contribution in [0.4, 0.5) is 5.69 Å². The van der Waals surface area contributed by atoms with Crippen LogP contribution in [0.25, 0.3) is 0 Å². The minimum Gasteiger partial charge on any atom is -0.465 e. The summed E-state index contributed by atoms with van der Waals surface area (Å²) in [5.41, 5.74) is 1.91. The van der Waals surface area contributed by atoms with Gasteiger partial charge in [0.15, 0.2) is 0 Å². The topological polar surface area (TPSA) is 60.7 Å². The molecule has 1 aromatic carbocycles. The zero-order valence-corrected chi connectivity index (χ0v) is 16.1. The molecule has 2 aromatic rings. The van der Waals surface area contributed by atoms with Crippen molar-refractivity contribution in [1.29, 1.82) is 0 Å². The van der Waals surface area contributed by atoms with E-state index >= 15 is 0 Å². The minimum atomic E-state index is -0.742. The predicted molar refractivity (Wildman–Crippen MR) is 103 cm³/mol. The van der Waals surface area contributed by atoms with Gasteiger partial charge in [0, 0.05) is 24.9 Å². The van der Waals surface area contributed by atoms with Crippen molar-refractivity contribution in [3.05, 3.63) is 62.0 Å². The number of hydrogen-bond donors (Lipinski definition) is 0. The summed E-state index contributed by atoms with van der Waals surface area (Å²) < 4.78 is 6.72. The van der Waals surface area contributed by atoms with Crippen LogP contribution in [0.1, 0.15) is 30.9 Å². The molecule has 2 unspecified atom stereocenters. The van der Waals surface area contributed by atoms with Crippen LogP contribution in [-0.2, 0) is 16.6 Å². The molecule has 0 bridgehead atoms. The lowest BCUT2D eigenvalue weighted by Crippen LogP contribution is -2.37. The van der Waals surface area contributed by atoms with Gasteiger partial charge in [-0.1, -0.05) is 35.3 Å². The van der Waals surface area contributed by atoms with E-state index in [4.69, 9.17) is 27.9 Å². The van der Waals surface area contributed by atoms with E-state index in [1.807, 2.05) is 0 Å². The lowest BCUT2D eigenvalue weighted by Gasteiger charge is -2.31. The van der Waals surface area contributed by atoms with Gasteiger partial charge in [-0.2, -0.15) is 0 Å². The number of carbonyl (C=O) groups excluding carboxylic acids is 1. The van der Waals surface area contributed by atoms with E-state index < -0.39 is 17.8 Å². The highest BCUT2D eigenvalue weighted by atomic mass is 35.5. The Balaban J connectivity index is 2.33. The van der Waals surface area contributed by atoms with Gasteiger partial charge in [-0.05, 0) is 31.5 Å². The summed E-state index contributed by atoms with van der Waals surface area (Å²) in [5.74, 6) is -1.80. The number of pyridine rings is 1. The molecule has 1 aliphatic rings. The summed E-state index contributed by atoms with van der Waals surface area (Å²) in [7, 11) is 1.66. The Morgan fingerprint density at radius 3 is 2.73 bits per heavy atom. The molecule has 0 radical (unpaired) electrons. The summed E-state index contributed by atoms with van der Waals surface area (Å²) in [5, 5.41) is 0.682. The molecule has 7 heteroatoms. The van der Waals surface area contributed by atoms with Crippen LogP contribution in [0.15, 0.2) is 40.2 Å². The molecular formula is C19H18Cl2N2O3. The molecule has 3 rings (SSSR count). The minimum absolute atomic E-state index is 0.228. The number of benzene rings is 1. The fourth-order valence-electron chi connectivity index (χ4n) is 3.33. The van der Waals surface area contributed by atoms with Gasteiger partial charge >= 0.3 is 5.97 Å². The van der Waals surface area contributed by atoms with E-state index in [-0.39, 0.29) is 12.2 Å². The zero-order valence-electron chi connectivity index (χ0n) is 14.6. The van der Waals surface area contributed by atoms with Gasteiger partial charge in [-0.25, -0.2) is 0 Å². The Labute approximate surface area is 161 Å². The van der Waals surface area contributed by atoms with Crippen molar-refractivity contribution in [2.45, 2.75) is 19.8 Å². The molecule has 0 spiro atoms. The number of nitrogens with zero attached hydrogens (tertiary/aromatic N) is 2. The Hall–Kier alpha value is -2.11. The largest absolute Gasteiger partial charge is 0.465 e. The van der Waals surface area contributed by atoms with Gasteiger partial charge in [0.2, 0.25) is 0 Å². The third-order valence-corrected chi connectivity index (χ3v) is 5.36. The lowest BCUT2D eigenvalue weighted by molar-refractivity contribution is -0.146.